The third-order valence-corrected chi connectivity index (χ3v) is 5.12. The quantitative estimate of drug-likeness (QED) is 0.398. The van der Waals surface area contributed by atoms with Crippen LogP contribution in [0.4, 0.5) is 11.5 Å². The van der Waals surface area contributed by atoms with Crippen LogP contribution in [0.3, 0.4) is 0 Å². The number of aromatic amines is 1. The van der Waals surface area contributed by atoms with Gasteiger partial charge in [-0.3, -0.25) is 19.4 Å². The smallest absolute Gasteiger partial charge is 0.277 e. The van der Waals surface area contributed by atoms with E-state index in [4.69, 9.17) is 15.2 Å². The van der Waals surface area contributed by atoms with Gasteiger partial charge in [0.25, 0.3) is 11.5 Å². The van der Waals surface area contributed by atoms with Crippen molar-refractivity contribution < 1.29 is 19.1 Å². The van der Waals surface area contributed by atoms with Crippen LogP contribution in [0, 0.1) is 0 Å². The van der Waals surface area contributed by atoms with Crippen LogP contribution >= 0.6 is 11.8 Å². The number of nitrogens with two attached hydrogens (primary N) is 1. The number of nitrogens with one attached hydrogen (secondary N) is 2. The van der Waals surface area contributed by atoms with E-state index in [1.54, 1.807) is 11.0 Å². The van der Waals surface area contributed by atoms with Crippen molar-refractivity contribution >= 4 is 35.1 Å². The van der Waals surface area contributed by atoms with Crippen LogP contribution in [-0.4, -0.2) is 59.7 Å². The number of amides is 2. The molecule has 0 atom stereocenters. The first-order valence-corrected chi connectivity index (χ1v) is 10.2. The summed E-state index contributed by atoms with van der Waals surface area (Å²) in [6.45, 7) is 4.98. The number of hydrogen-bond acceptors (Lipinski definition) is 8. The summed E-state index contributed by atoms with van der Waals surface area (Å²) in [5.41, 5.74) is 5.33. The molecule has 0 fully saturated rings. The number of H-pyrrole nitrogens is 1. The second-order valence-corrected chi connectivity index (χ2v) is 6.97. The molecule has 0 saturated heterocycles. The number of hydrogen-bond donors (Lipinski definition) is 3. The molecule has 0 saturated carbocycles. The molecule has 0 spiro atoms. The summed E-state index contributed by atoms with van der Waals surface area (Å²) >= 11 is 1.07. The lowest BCUT2D eigenvalue weighted by Gasteiger charge is -2.18. The molecule has 2 rings (SSSR count). The van der Waals surface area contributed by atoms with Gasteiger partial charge >= 0.3 is 0 Å². The number of thioether (sulfide) groups is 1. The summed E-state index contributed by atoms with van der Waals surface area (Å²) in [5.74, 6) is 0.166. The fraction of sp³-hybridized carbons (Fsp3) is 0.368. The topological polar surface area (TPSA) is 140 Å². The van der Waals surface area contributed by atoms with Crippen LogP contribution in [0.1, 0.15) is 24.2 Å². The maximum atomic E-state index is 12.5. The minimum Gasteiger partial charge on any atom is -0.493 e. The van der Waals surface area contributed by atoms with Crippen LogP contribution in [0.25, 0.3) is 0 Å². The van der Waals surface area contributed by atoms with Crippen molar-refractivity contribution in [1.29, 1.82) is 0 Å². The summed E-state index contributed by atoms with van der Waals surface area (Å²) in [6.07, 6.45) is 0. The number of anilines is 2. The highest BCUT2D eigenvalue weighted by Gasteiger charge is 2.17. The molecule has 0 radical (unpaired) electrons. The van der Waals surface area contributed by atoms with Gasteiger partial charge in [0.2, 0.25) is 5.91 Å². The number of carbonyl (C=O) groups excluding carboxylic acids is 2. The second kappa shape index (κ2) is 10.5. The van der Waals surface area contributed by atoms with Crippen molar-refractivity contribution in [3.8, 4) is 11.5 Å². The first kappa shape index (κ1) is 23.1. The molecule has 1 aromatic carbocycles. The number of rotatable bonds is 9. The SMILES string of the molecule is CCN(CC)C(=O)CSc1nc(N)c(NC(=O)c2ccc(OC)c(OC)c2)c(=O)[nH]1. The molecular weight excluding hydrogens is 410 g/mol. The maximum absolute atomic E-state index is 12.5. The first-order valence-electron chi connectivity index (χ1n) is 9.18. The molecule has 162 valence electrons. The van der Waals surface area contributed by atoms with Gasteiger partial charge in [0.15, 0.2) is 22.5 Å². The molecular formula is C19H25N5O5S. The molecule has 10 nitrogen and oxygen atoms in total. The van der Waals surface area contributed by atoms with Crippen LogP contribution < -0.4 is 26.1 Å². The standard InChI is InChI=1S/C19H25N5O5S/c1-5-24(6-2)14(25)10-30-19-22-16(20)15(18(27)23-19)21-17(26)11-7-8-12(28-3)13(9-11)29-4/h7-9H,5-6,10H2,1-4H3,(H,21,26)(H3,20,22,23,27). The third-order valence-electron chi connectivity index (χ3n) is 4.26. The molecule has 2 amide bonds. The number of benzene rings is 1. The summed E-state index contributed by atoms with van der Waals surface area (Å²) in [7, 11) is 2.94. The van der Waals surface area contributed by atoms with E-state index in [0.29, 0.717) is 24.6 Å². The van der Waals surface area contributed by atoms with Gasteiger partial charge in [-0.25, -0.2) is 4.98 Å². The Hall–Kier alpha value is -3.21. The van der Waals surface area contributed by atoms with Gasteiger partial charge in [0, 0.05) is 18.7 Å². The van der Waals surface area contributed by atoms with E-state index in [0.717, 1.165) is 11.8 Å². The Kier molecular flexibility index (Phi) is 8.10. The highest BCUT2D eigenvalue weighted by atomic mass is 32.2. The number of ether oxygens (including phenoxy) is 2. The van der Waals surface area contributed by atoms with E-state index >= 15 is 0 Å². The van der Waals surface area contributed by atoms with Crippen LogP contribution in [0.5, 0.6) is 11.5 Å². The number of methoxy groups -OCH3 is 2. The number of nitrogen functional groups attached to an aromatic ring is 1. The summed E-state index contributed by atoms with van der Waals surface area (Å²) < 4.78 is 10.3. The summed E-state index contributed by atoms with van der Waals surface area (Å²) in [5, 5.41) is 2.66. The highest BCUT2D eigenvalue weighted by Crippen LogP contribution is 2.28. The Bertz CT molecular complexity index is 974. The predicted octanol–water partition coefficient (Wildman–Crippen LogP) is 1.58. The summed E-state index contributed by atoms with van der Waals surface area (Å²) in [6, 6.07) is 4.58. The molecule has 0 aliphatic heterocycles. The Morgan fingerprint density at radius 3 is 2.43 bits per heavy atom. The van der Waals surface area contributed by atoms with E-state index in [1.807, 2.05) is 13.8 Å². The molecule has 2 aromatic rings. The Morgan fingerprint density at radius 2 is 1.87 bits per heavy atom. The molecule has 1 aromatic heterocycles. The van der Waals surface area contributed by atoms with E-state index in [1.165, 1.54) is 26.4 Å². The molecule has 0 aliphatic carbocycles. The van der Waals surface area contributed by atoms with Crippen molar-refractivity contribution in [3.05, 3.63) is 34.1 Å². The van der Waals surface area contributed by atoms with Gasteiger partial charge in [-0.15, -0.1) is 0 Å². The zero-order valence-corrected chi connectivity index (χ0v) is 18.1. The van der Waals surface area contributed by atoms with Gasteiger partial charge < -0.3 is 25.4 Å². The average molecular weight is 436 g/mol. The van der Waals surface area contributed by atoms with Gasteiger partial charge in [-0.05, 0) is 32.0 Å². The minimum atomic E-state index is -0.617. The number of aromatic nitrogens is 2. The normalized spacial score (nSPS) is 10.4. The van der Waals surface area contributed by atoms with Crippen molar-refractivity contribution in [1.82, 2.24) is 14.9 Å². The molecule has 30 heavy (non-hydrogen) atoms. The fourth-order valence-corrected chi connectivity index (χ4v) is 3.39. The van der Waals surface area contributed by atoms with Gasteiger partial charge in [0.1, 0.15) is 5.69 Å². The monoisotopic (exact) mass is 435 g/mol. The Morgan fingerprint density at radius 1 is 1.20 bits per heavy atom. The first-order chi connectivity index (χ1) is 14.3. The summed E-state index contributed by atoms with van der Waals surface area (Å²) in [4.78, 5) is 45.3. The largest absolute Gasteiger partial charge is 0.493 e. The Balaban J connectivity index is 2.15. The van der Waals surface area contributed by atoms with Crippen molar-refractivity contribution in [2.45, 2.75) is 19.0 Å². The lowest BCUT2D eigenvalue weighted by Crippen LogP contribution is -2.32. The van der Waals surface area contributed by atoms with E-state index < -0.39 is 11.5 Å². The van der Waals surface area contributed by atoms with Crippen molar-refractivity contribution in [2.24, 2.45) is 0 Å². The molecule has 1 heterocycles. The lowest BCUT2D eigenvalue weighted by molar-refractivity contribution is -0.127. The lowest BCUT2D eigenvalue weighted by atomic mass is 10.2. The molecule has 11 heteroatoms. The van der Waals surface area contributed by atoms with Gasteiger partial charge in [-0.1, -0.05) is 11.8 Å². The third kappa shape index (κ3) is 5.44. The van der Waals surface area contributed by atoms with Crippen LogP contribution in [-0.2, 0) is 4.79 Å². The predicted molar refractivity (Wildman–Crippen MR) is 115 cm³/mol. The fourth-order valence-electron chi connectivity index (χ4n) is 2.62. The minimum absolute atomic E-state index is 0.0722. The van der Waals surface area contributed by atoms with E-state index in [2.05, 4.69) is 15.3 Å². The number of carbonyl (C=O) groups is 2. The highest BCUT2D eigenvalue weighted by molar-refractivity contribution is 7.99. The average Bonchev–Trinajstić information content (AvgIpc) is 2.74. The van der Waals surface area contributed by atoms with Crippen molar-refractivity contribution in [3.63, 3.8) is 0 Å². The van der Waals surface area contributed by atoms with E-state index in [9.17, 15) is 14.4 Å². The van der Waals surface area contributed by atoms with E-state index in [-0.39, 0.29) is 33.9 Å². The molecule has 0 aliphatic rings. The maximum Gasteiger partial charge on any atom is 0.277 e. The molecule has 0 unspecified atom stereocenters. The van der Waals surface area contributed by atoms with Gasteiger partial charge in [-0.2, -0.15) is 0 Å². The Labute approximate surface area is 178 Å². The zero-order chi connectivity index (χ0) is 22.3. The number of nitrogens with zero attached hydrogens (tertiary/aromatic N) is 2. The second-order valence-electron chi connectivity index (χ2n) is 6.01. The van der Waals surface area contributed by atoms with Crippen molar-refractivity contribution in [2.75, 3.05) is 44.1 Å². The van der Waals surface area contributed by atoms with Crippen LogP contribution in [0.15, 0.2) is 28.2 Å². The molecule has 4 N–H and O–H groups in total. The molecule has 0 bridgehead atoms. The van der Waals surface area contributed by atoms with Gasteiger partial charge in [0.05, 0.1) is 20.0 Å². The zero-order valence-electron chi connectivity index (χ0n) is 17.3. The van der Waals surface area contributed by atoms with Crippen LogP contribution in [0.2, 0.25) is 0 Å².